The second-order valence-corrected chi connectivity index (χ2v) is 7.55. The van der Waals surface area contributed by atoms with Gasteiger partial charge >= 0.3 is 0 Å². The summed E-state index contributed by atoms with van der Waals surface area (Å²) in [5.74, 6) is 0.342. The van der Waals surface area contributed by atoms with Gasteiger partial charge in [-0.3, -0.25) is 14.4 Å². The molecule has 1 aliphatic carbocycles. The Labute approximate surface area is 191 Å². The van der Waals surface area contributed by atoms with Crippen LogP contribution in [0.3, 0.4) is 0 Å². The second-order valence-electron chi connectivity index (χ2n) is 7.55. The van der Waals surface area contributed by atoms with Gasteiger partial charge in [0.25, 0.3) is 11.8 Å². The SMILES string of the molecule is CCNC(=O)COc1ccc(CNC(=O)c2ccc3c(c2)C(=O)c2ccccc2-3)cc1OC. The normalized spacial score (nSPS) is 11.4. The van der Waals surface area contributed by atoms with E-state index in [1.807, 2.05) is 31.2 Å². The molecule has 7 heteroatoms. The van der Waals surface area contributed by atoms with E-state index in [9.17, 15) is 14.4 Å². The molecule has 3 aromatic carbocycles. The van der Waals surface area contributed by atoms with E-state index in [2.05, 4.69) is 10.6 Å². The van der Waals surface area contributed by atoms with Gasteiger partial charge in [0.05, 0.1) is 7.11 Å². The second kappa shape index (κ2) is 9.56. The lowest BCUT2D eigenvalue weighted by Crippen LogP contribution is -2.28. The molecule has 0 atom stereocenters. The van der Waals surface area contributed by atoms with Crippen molar-refractivity contribution in [2.45, 2.75) is 13.5 Å². The van der Waals surface area contributed by atoms with E-state index < -0.39 is 0 Å². The van der Waals surface area contributed by atoms with E-state index in [-0.39, 0.29) is 30.7 Å². The number of likely N-dealkylation sites (N-methyl/N-ethyl adjacent to an activating group) is 1. The molecule has 0 bridgehead atoms. The fourth-order valence-electron chi connectivity index (χ4n) is 3.79. The summed E-state index contributed by atoms with van der Waals surface area (Å²) in [5.41, 5.74) is 4.16. The maximum Gasteiger partial charge on any atom is 0.257 e. The third kappa shape index (κ3) is 4.57. The lowest BCUT2D eigenvalue weighted by Gasteiger charge is -2.13. The number of carbonyl (C=O) groups excluding carboxylic acids is 3. The van der Waals surface area contributed by atoms with Crippen molar-refractivity contribution in [2.24, 2.45) is 0 Å². The molecule has 0 spiro atoms. The predicted octanol–water partition coefficient (Wildman–Crippen LogP) is 3.35. The highest BCUT2D eigenvalue weighted by atomic mass is 16.5. The van der Waals surface area contributed by atoms with Gasteiger partial charge in [0, 0.05) is 29.8 Å². The van der Waals surface area contributed by atoms with Crippen molar-refractivity contribution >= 4 is 17.6 Å². The number of ether oxygens (including phenoxy) is 2. The van der Waals surface area contributed by atoms with Crippen molar-refractivity contribution in [3.05, 3.63) is 82.9 Å². The minimum atomic E-state index is -0.280. The van der Waals surface area contributed by atoms with Gasteiger partial charge in [0.1, 0.15) is 0 Å². The van der Waals surface area contributed by atoms with Crippen molar-refractivity contribution in [1.29, 1.82) is 0 Å². The van der Waals surface area contributed by atoms with E-state index in [1.54, 1.807) is 36.4 Å². The van der Waals surface area contributed by atoms with E-state index in [0.29, 0.717) is 34.7 Å². The molecule has 0 fully saturated rings. The highest BCUT2D eigenvalue weighted by Crippen LogP contribution is 2.36. The monoisotopic (exact) mass is 444 g/mol. The van der Waals surface area contributed by atoms with Gasteiger partial charge in [-0.05, 0) is 47.9 Å². The average Bonchev–Trinajstić information content (AvgIpc) is 3.13. The fraction of sp³-hybridized carbons (Fsp3) is 0.192. The Balaban J connectivity index is 1.42. The summed E-state index contributed by atoms with van der Waals surface area (Å²) in [6.07, 6.45) is 0. The summed E-state index contributed by atoms with van der Waals surface area (Å²) >= 11 is 0. The number of nitrogens with one attached hydrogen (secondary N) is 2. The Kier molecular flexibility index (Phi) is 6.40. The van der Waals surface area contributed by atoms with Gasteiger partial charge in [-0.2, -0.15) is 0 Å². The Morgan fingerprint density at radius 1 is 0.848 bits per heavy atom. The van der Waals surface area contributed by atoms with Gasteiger partial charge < -0.3 is 20.1 Å². The van der Waals surface area contributed by atoms with E-state index in [0.717, 1.165) is 16.7 Å². The summed E-state index contributed by atoms with van der Waals surface area (Å²) in [6, 6.07) is 17.9. The van der Waals surface area contributed by atoms with Crippen LogP contribution in [0.25, 0.3) is 11.1 Å². The lowest BCUT2D eigenvalue weighted by atomic mass is 10.0. The van der Waals surface area contributed by atoms with Gasteiger partial charge in [-0.1, -0.05) is 36.4 Å². The Bertz CT molecular complexity index is 1240. The lowest BCUT2D eigenvalue weighted by molar-refractivity contribution is -0.123. The number of benzene rings is 3. The zero-order chi connectivity index (χ0) is 23.4. The van der Waals surface area contributed by atoms with Crippen LogP contribution in [0, 0.1) is 0 Å². The molecule has 0 saturated carbocycles. The fourth-order valence-corrected chi connectivity index (χ4v) is 3.79. The molecule has 2 amide bonds. The number of carbonyl (C=O) groups is 3. The van der Waals surface area contributed by atoms with Crippen LogP contribution in [0.15, 0.2) is 60.7 Å². The van der Waals surface area contributed by atoms with Crippen LogP contribution in [-0.2, 0) is 11.3 Å². The first-order valence-electron chi connectivity index (χ1n) is 10.6. The predicted molar refractivity (Wildman–Crippen MR) is 124 cm³/mol. The van der Waals surface area contributed by atoms with Crippen LogP contribution >= 0.6 is 0 Å². The van der Waals surface area contributed by atoms with E-state index in [4.69, 9.17) is 9.47 Å². The minimum absolute atomic E-state index is 0.0665. The standard InChI is InChI=1S/C26H24N2O5/c1-3-27-24(29)15-33-22-11-8-16(12-23(22)32-2)14-28-26(31)17-9-10-19-18-6-4-5-7-20(18)25(30)21(19)13-17/h4-13H,3,14-15H2,1-2H3,(H,27,29)(H,28,31). The number of hydrogen-bond donors (Lipinski definition) is 2. The molecule has 0 aliphatic heterocycles. The number of amides is 2. The molecule has 0 heterocycles. The quantitative estimate of drug-likeness (QED) is 0.435. The molecule has 3 aromatic rings. The Morgan fingerprint density at radius 2 is 1.61 bits per heavy atom. The Hall–Kier alpha value is -4.13. The zero-order valence-corrected chi connectivity index (χ0v) is 18.4. The summed E-state index contributed by atoms with van der Waals surface area (Å²) in [5, 5.41) is 5.53. The first-order valence-corrected chi connectivity index (χ1v) is 10.6. The first-order chi connectivity index (χ1) is 16.0. The molecule has 2 N–H and O–H groups in total. The maximum absolute atomic E-state index is 12.7. The van der Waals surface area contributed by atoms with Crippen LogP contribution in [0.5, 0.6) is 11.5 Å². The summed E-state index contributed by atoms with van der Waals surface area (Å²) in [6.45, 7) is 2.52. The van der Waals surface area contributed by atoms with Gasteiger partial charge in [0.2, 0.25) is 0 Å². The number of fused-ring (bicyclic) bond motifs is 3. The van der Waals surface area contributed by atoms with Crippen molar-refractivity contribution in [3.63, 3.8) is 0 Å². The van der Waals surface area contributed by atoms with Crippen LogP contribution in [0.2, 0.25) is 0 Å². The molecule has 0 saturated heterocycles. The molecule has 168 valence electrons. The third-order valence-electron chi connectivity index (χ3n) is 5.40. The van der Waals surface area contributed by atoms with Crippen molar-refractivity contribution < 1.29 is 23.9 Å². The van der Waals surface area contributed by atoms with Crippen LogP contribution in [-0.4, -0.2) is 37.9 Å². The third-order valence-corrected chi connectivity index (χ3v) is 5.40. The van der Waals surface area contributed by atoms with Crippen LogP contribution in [0.4, 0.5) is 0 Å². The Morgan fingerprint density at radius 3 is 2.36 bits per heavy atom. The van der Waals surface area contributed by atoms with Crippen molar-refractivity contribution in [3.8, 4) is 22.6 Å². The highest BCUT2D eigenvalue weighted by molar-refractivity contribution is 6.22. The molecule has 1 aliphatic rings. The highest BCUT2D eigenvalue weighted by Gasteiger charge is 2.27. The average molecular weight is 444 g/mol. The van der Waals surface area contributed by atoms with Gasteiger partial charge in [-0.15, -0.1) is 0 Å². The van der Waals surface area contributed by atoms with Crippen LogP contribution < -0.4 is 20.1 Å². The number of rotatable bonds is 8. The molecule has 0 unspecified atom stereocenters. The number of hydrogen-bond acceptors (Lipinski definition) is 5. The molecular weight excluding hydrogens is 420 g/mol. The molecule has 0 radical (unpaired) electrons. The largest absolute Gasteiger partial charge is 0.493 e. The smallest absolute Gasteiger partial charge is 0.257 e. The maximum atomic E-state index is 12.7. The number of ketones is 1. The summed E-state index contributed by atoms with van der Waals surface area (Å²) < 4.78 is 10.9. The van der Waals surface area contributed by atoms with Crippen LogP contribution in [0.1, 0.15) is 38.8 Å². The summed E-state index contributed by atoms with van der Waals surface area (Å²) in [4.78, 5) is 37.0. The molecule has 33 heavy (non-hydrogen) atoms. The number of methoxy groups -OCH3 is 1. The summed E-state index contributed by atoms with van der Waals surface area (Å²) in [7, 11) is 1.51. The molecule has 7 nitrogen and oxygen atoms in total. The topological polar surface area (TPSA) is 93.7 Å². The van der Waals surface area contributed by atoms with E-state index in [1.165, 1.54) is 7.11 Å². The van der Waals surface area contributed by atoms with Crippen molar-refractivity contribution in [1.82, 2.24) is 10.6 Å². The molecule has 0 aromatic heterocycles. The van der Waals surface area contributed by atoms with E-state index >= 15 is 0 Å². The van der Waals surface area contributed by atoms with Gasteiger partial charge in [0.15, 0.2) is 23.9 Å². The zero-order valence-electron chi connectivity index (χ0n) is 18.4. The van der Waals surface area contributed by atoms with Crippen molar-refractivity contribution in [2.75, 3.05) is 20.3 Å². The molecule has 4 rings (SSSR count). The minimum Gasteiger partial charge on any atom is -0.493 e. The molecular formula is C26H24N2O5. The first kappa shape index (κ1) is 22.1. The van der Waals surface area contributed by atoms with Gasteiger partial charge in [-0.25, -0.2) is 0 Å².